The van der Waals surface area contributed by atoms with Gasteiger partial charge >= 0.3 is 0 Å². The number of aldehydes is 1. The van der Waals surface area contributed by atoms with E-state index in [0.717, 1.165) is 17.7 Å². The number of carbonyl (C=O) groups is 1. The van der Waals surface area contributed by atoms with Gasteiger partial charge in [-0.05, 0) is 73.1 Å². The van der Waals surface area contributed by atoms with Crippen molar-refractivity contribution >= 4 is 22.0 Å². The van der Waals surface area contributed by atoms with Gasteiger partial charge in [0, 0.05) is 38.0 Å². The topological polar surface area (TPSA) is 86.7 Å². The maximum Gasteiger partial charge on any atom is 0.243 e. The predicted octanol–water partition coefficient (Wildman–Crippen LogP) is 4.68. The molecule has 4 rings (SSSR count). The van der Waals surface area contributed by atoms with Crippen molar-refractivity contribution in [1.82, 2.24) is 4.31 Å². The molecule has 6 nitrogen and oxygen atoms in total. The number of hydrogen-bond donors (Lipinski definition) is 2. The number of nitrogens with one attached hydrogen (secondary N) is 1. The van der Waals surface area contributed by atoms with E-state index >= 15 is 0 Å². The molecule has 0 radical (unpaired) electrons. The summed E-state index contributed by atoms with van der Waals surface area (Å²) in [5.74, 6) is -0.154. The Bertz CT molecular complexity index is 1260. The first-order valence-electron chi connectivity index (χ1n) is 11.9. The van der Waals surface area contributed by atoms with Gasteiger partial charge in [0.2, 0.25) is 10.0 Å². The lowest BCUT2D eigenvalue weighted by Crippen LogP contribution is -2.45. The van der Waals surface area contributed by atoms with Gasteiger partial charge in [-0.2, -0.15) is 4.31 Å². The minimum atomic E-state index is -3.63. The second-order valence-corrected chi connectivity index (χ2v) is 11.1. The summed E-state index contributed by atoms with van der Waals surface area (Å²) < 4.78 is 39.8. The summed E-state index contributed by atoms with van der Waals surface area (Å²) >= 11 is 0. The van der Waals surface area contributed by atoms with Crippen LogP contribution in [0.3, 0.4) is 0 Å². The number of hydrogen-bond acceptors (Lipinski definition) is 5. The Balaban J connectivity index is 0.000000303. The summed E-state index contributed by atoms with van der Waals surface area (Å²) in [4.78, 5) is 11.1. The number of carbonyl (C=O) groups excluding carboxylic acids is 1. The summed E-state index contributed by atoms with van der Waals surface area (Å²) in [6.07, 6.45) is 2.58. The van der Waals surface area contributed by atoms with Crippen LogP contribution in [-0.4, -0.2) is 50.9 Å². The van der Waals surface area contributed by atoms with Crippen molar-refractivity contribution in [1.29, 1.82) is 0 Å². The molecule has 0 unspecified atom stereocenters. The molecule has 1 aliphatic rings. The first-order valence-corrected chi connectivity index (χ1v) is 13.3. The number of rotatable bonds is 7. The van der Waals surface area contributed by atoms with Crippen LogP contribution < -0.4 is 5.32 Å². The highest BCUT2D eigenvalue weighted by Crippen LogP contribution is 2.36. The third kappa shape index (κ3) is 6.78. The van der Waals surface area contributed by atoms with Crippen LogP contribution >= 0.6 is 0 Å². The Morgan fingerprint density at radius 3 is 2.31 bits per heavy atom. The number of nitrogens with zero attached hydrogens (tertiary/aromatic N) is 1. The van der Waals surface area contributed by atoms with Crippen LogP contribution in [0.25, 0.3) is 0 Å². The summed E-state index contributed by atoms with van der Waals surface area (Å²) in [6.45, 7) is 2.51. The molecule has 1 aliphatic heterocycles. The number of aryl methyl sites for hydroxylation is 1. The van der Waals surface area contributed by atoms with Gasteiger partial charge in [0.1, 0.15) is 12.1 Å². The molecule has 0 spiro atoms. The van der Waals surface area contributed by atoms with Gasteiger partial charge < -0.3 is 10.4 Å². The van der Waals surface area contributed by atoms with Crippen LogP contribution in [0, 0.1) is 18.2 Å². The fraction of sp³-hybridized carbons (Fsp3) is 0.321. The molecule has 36 heavy (non-hydrogen) atoms. The summed E-state index contributed by atoms with van der Waals surface area (Å²) in [5, 5.41) is 12.9. The smallest absolute Gasteiger partial charge is 0.243 e. The molecule has 0 atom stereocenters. The van der Waals surface area contributed by atoms with Crippen molar-refractivity contribution in [2.45, 2.75) is 31.1 Å². The number of sulfonamides is 1. The Kier molecular flexibility index (Phi) is 9.37. The van der Waals surface area contributed by atoms with Crippen molar-refractivity contribution in [2.75, 3.05) is 32.1 Å². The van der Waals surface area contributed by atoms with Crippen molar-refractivity contribution in [3.63, 3.8) is 0 Å². The first-order chi connectivity index (χ1) is 17.2. The molecule has 1 heterocycles. The van der Waals surface area contributed by atoms with Crippen LogP contribution in [0.4, 0.5) is 10.1 Å². The van der Waals surface area contributed by atoms with Crippen LogP contribution in [0.1, 0.15) is 34.3 Å². The van der Waals surface area contributed by atoms with Gasteiger partial charge in [0.25, 0.3) is 0 Å². The van der Waals surface area contributed by atoms with E-state index in [1.807, 2.05) is 37.4 Å². The number of aliphatic hydroxyl groups excluding tert-OH is 1. The van der Waals surface area contributed by atoms with Crippen LogP contribution in [0.15, 0.2) is 77.7 Å². The quantitative estimate of drug-likeness (QED) is 0.449. The van der Waals surface area contributed by atoms with Gasteiger partial charge in [0.05, 0.1) is 4.90 Å². The first kappa shape index (κ1) is 27.5. The number of piperidine rings is 1. The minimum absolute atomic E-state index is 0.0381. The maximum absolute atomic E-state index is 12.9. The van der Waals surface area contributed by atoms with E-state index in [-0.39, 0.29) is 22.7 Å². The molecule has 0 aliphatic carbocycles. The van der Waals surface area contributed by atoms with E-state index < -0.39 is 10.0 Å². The normalized spacial score (nSPS) is 15.4. The Morgan fingerprint density at radius 1 is 1.03 bits per heavy atom. The fourth-order valence-electron chi connectivity index (χ4n) is 4.32. The molecule has 2 N–H and O–H groups in total. The highest BCUT2D eigenvalue weighted by molar-refractivity contribution is 7.89. The summed E-state index contributed by atoms with van der Waals surface area (Å²) in [5.41, 5.74) is 2.82. The number of halogens is 1. The van der Waals surface area contributed by atoms with Crippen LogP contribution in [0.5, 0.6) is 0 Å². The molecule has 1 fully saturated rings. The highest BCUT2D eigenvalue weighted by atomic mass is 32.2. The van der Waals surface area contributed by atoms with Gasteiger partial charge in [-0.15, -0.1) is 0 Å². The highest BCUT2D eigenvalue weighted by Gasteiger charge is 2.38. The minimum Gasteiger partial charge on any atom is -0.396 e. The van der Waals surface area contributed by atoms with E-state index in [9.17, 15) is 22.7 Å². The van der Waals surface area contributed by atoms with Gasteiger partial charge in [0.15, 0.2) is 0 Å². The Labute approximate surface area is 212 Å². The third-order valence-electron chi connectivity index (χ3n) is 6.62. The van der Waals surface area contributed by atoms with Crippen molar-refractivity contribution in [2.24, 2.45) is 5.41 Å². The van der Waals surface area contributed by atoms with Gasteiger partial charge in [-0.1, -0.05) is 42.5 Å². The van der Waals surface area contributed by atoms with Crippen molar-refractivity contribution in [3.8, 4) is 0 Å². The number of benzene rings is 3. The van der Waals surface area contributed by atoms with E-state index in [4.69, 9.17) is 0 Å². The maximum atomic E-state index is 12.9. The lowest BCUT2D eigenvalue weighted by Gasteiger charge is -2.40. The van der Waals surface area contributed by atoms with E-state index in [1.165, 1.54) is 22.5 Å². The Hall–Kier alpha value is -3.07. The molecule has 3 aromatic rings. The third-order valence-corrected chi connectivity index (χ3v) is 8.51. The number of anilines is 1. The van der Waals surface area contributed by atoms with Gasteiger partial charge in [-0.25, -0.2) is 12.8 Å². The molecule has 3 aromatic carbocycles. The summed E-state index contributed by atoms with van der Waals surface area (Å²) in [7, 11) is -1.82. The zero-order valence-electron chi connectivity index (χ0n) is 20.7. The predicted molar refractivity (Wildman–Crippen MR) is 140 cm³/mol. The monoisotopic (exact) mass is 512 g/mol. The van der Waals surface area contributed by atoms with Crippen LogP contribution in [0.2, 0.25) is 0 Å². The molecule has 192 valence electrons. The van der Waals surface area contributed by atoms with Crippen molar-refractivity contribution in [3.05, 3.63) is 95.3 Å². The molecule has 0 aromatic heterocycles. The van der Waals surface area contributed by atoms with E-state index in [0.29, 0.717) is 43.3 Å². The molecular weight excluding hydrogens is 479 g/mol. The standard InChI is InChI=1S/C20H23NO4S.C8H10FN/c22-15-18-7-4-8-19(13-18)26(24,25)21-11-9-20(16-23,10-12-21)14-17-5-2-1-3-6-17;1-6-5-7(10-2)3-4-8(6)9/h1-8,13,15,23H,9-12,14,16H2;3-5,10H,1-2H3. The molecule has 1 saturated heterocycles. The SMILES string of the molecule is CNc1ccc(F)c(C)c1.O=Cc1cccc(S(=O)(=O)N2CCC(CO)(Cc3ccccc3)CC2)c1. The molecule has 0 saturated carbocycles. The average molecular weight is 513 g/mol. The van der Waals surface area contributed by atoms with E-state index in [2.05, 4.69) is 5.32 Å². The zero-order chi connectivity index (χ0) is 26.2. The van der Waals surface area contributed by atoms with Gasteiger partial charge in [-0.3, -0.25) is 4.79 Å². The molecular formula is C28H33FN2O4S. The second-order valence-electron chi connectivity index (χ2n) is 9.13. The Morgan fingerprint density at radius 2 is 1.72 bits per heavy atom. The molecule has 8 heteroatoms. The lowest BCUT2D eigenvalue weighted by atomic mass is 9.75. The molecule has 0 bridgehead atoms. The molecule has 0 amide bonds. The number of aliphatic hydroxyl groups is 1. The van der Waals surface area contributed by atoms with E-state index in [1.54, 1.807) is 31.2 Å². The zero-order valence-corrected chi connectivity index (χ0v) is 21.5. The summed E-state index contributed by atoms with van der Waals surface area (Å²) in [6, 6.07) is 21.0. The van der Waals surface area contributed by atoms with Crippen LogP contribution in [-0.2, 0) is 16.4 Å². The lowest BCUT2D eigenvalue weighted by molar-refractivity contribution is 0.0684. The fourth-order valence-corrected chi connectivity index (χ4v) is 5.82. The van der Waals surface area contributed by atoms with Crippen molar-refractivity contribution < 1.29 is 22.7 Å². The second kappa shape index (κ2) is 12.3. The largest absolute Gasteiger partial charge is 0.396 e. The average Bonchev–Trinajstić information content (AvgIpc) is 2.91.